The highest BCUT2D eigenvalue weighted by atomic mass is 16.3. The van der Waals surface area contributed by atoms with Crippen LogP contribution in [0.5, 0.6) is 0 Å². The number of amides is 2. The Morgan fingerprint density at radius 1 is 1.17 bits per heavy atom. The molecule has 1 aromatic carbocycles. The normalized spacial score (nSPS) is 20.8. The number of hydrogen-bond donors (Lipinski definition) is 3. The van der Waals surface area contributed by atoms with Crippen LogP contribution in [0.1, 0.15) is 57.1 Å². The average Bonchev–Trinajstić information content (AvgIpc) is 3.30. The highest BCUT2D eigenvalue weighted by Gasteiger charge is 2.39. The first-order chi connectivity index (χ1) is 11.0. The van der Waals surface area contributed by atoms with Crippen molar-refractivity contribution in [3.05, 3.63) is 29.8 Å². The van der Waals surface area contributed by atoms with Gasteiger partial charge in [0.05, 0.1) is 6.04 Å². The van der Waals surface area contributed by atoms with Crippen molar-refractivity contribution < 1.29 is 14.7 Å². The predicted molar refractivity (Wildman–Crippen MR) is 87.8 cm³/mol. The summed E-state index contributed by atoms with van der Waals surface area (Å²) in [4.78, 5) is 24.0. The van der Waals surface area contributed by atoms with E-state index >= 15 is 0 Å². The largest absolute Gasteiger partial charge is 0.380 e. The number of carbonyl (C=O) groups is 2. The van der Waals surface area contributed by atoms with Gasteiger partial charge in [0.15, 0.2) is 0 Å². The summed E-state index contributed by atoms with van der Waals surface area (Å²) in [7, 11) is 0. The Morgan fingerprint density at radius 3 is 2.35 bits per heavy atom. The molecule has 0 saturated heterocycles. The summed E-state index contributed by atoms with van der Waals surface area (Å²) in [5.41, 5.74) is 0.523. The van der Waals surface area contributed by atoms with Gasteiger partial charge in [-0.1, -0.05) is 12.1 Å². The van der Waals surface area contributed by atoms with Gasteiger partial charge < -0.3 is 15.7 Å². The first-order valence-corrected chi connectivity index (χ1v) is 8.42. The Kier molecular flexibility index (Phi) is 4.39. The summed E-state index contributed by atoms with van der Waals surface area (Å²) in [5.74, 6) is -0.0174. The third kappa shape index (κ3) is 3.72. The van der Waals surface area contributed by atoms with E-state index in [0.717, 1.165) is 36.9 Å². The maximum atomic E-state index is 12.2. The van der Waals surface area contributed by atoms with Crippen molar-refractivity contribution in [2.24, 2.45) is 5.92 Å². The Hall–Kier alpha value is -1.88. The van der Waals surface area contributed by atoms with Gasteiger partial charge in [0.25, 0.3) is 5.91 Å². The minimum absolute atomic E-state index is 0.0857. The van der Waals surface area contributed by atoms with Crippen molar-refractivity contribution in [3.63, 3.8) is 0 Å². The maximum Gasteiger partial charge on any atom is 0.252 e. The molecule has 2 aliphatic rings. The van der Waals surface area contributed by atoms with E-state index in [1.807, 2.05) is 31.2 Å². The molecular formula is C18H24N2O3. The molecule has 0 aliphatic heterocycles. The minimum Gasteiger partial charge on any atom is -0.380 e. The first-order valence-electron chi connectivity index (χ1n) is 8.42. The second kappa shape index (κ2) is 6.32. The zero-order valence-electron chi connectivity index (χ0n) is 13.5. The zero-order chi connectivity index (χ0) is 16.4. The molecule has 0 spiro atoms. The third-order valence-corrected chi connectivity index (χ3v) is 4.83. The molecule has 0 bridgehead atoms. The SMILES string of the molecule is CC(NC(=O)C1(O)CCCC1)c1ccc(NC(=O)C2CC2)cc1. The molecule has 0 radical (unpaired) electrons. The van der Waals surface area contributed by atoms with E-state index < -0.39 is 5.60 Å². The molecule has 2 amide bonds. The van der Waals surface area contributed by atoms with Crippen LogP contribution in [0.2, 0.25) is 0 Å². The molecule has 3 N–H and O–H groups in total. The van der Waals surface area contributed by atoms with Crippen molar-refractivity contribution in [2.45, 2.75) is 57.1 Å². The summed E-state index contributed by atoms with van der Waals surface area (Å²) in [5, 5.41) is 16.1. The standard InChI is InChI=1S/C18H24N2O3/c1-12(19-17(22)18(23)10-2-3-11-18)13-6-8-15(9-7-13)20-16(21)14-4-5-14/h6-9,12,14,23H,2-5,10-11H2,1H3,(H,19,22)(H,20,21). The van der Waals surface area contributed by atoms with Crippen molar-refractivity contribution in [2.75, 3.05) is 5.32 Å². The quantitative estimate of drug-likeness (QED) is 0.781. The van der Waals surface area contributed by atoms with Gasteiger partial charge in [-0.15, -0.1) is 0 Å². The van der Waals surface area contributed by atoms with Gasteiger partial charge in [-0.2, -0.15) is 0 Å². The molecule has 3 rings (SSSR count). The number of anilines is 1. The Morgan fingerprint density at radius 2 is 1.78 bits per heavy atom. The minimum atomic E-state index is -1.20. The van der Waals surface area contributed by atoms with Crippen LogP contribution in [0.3, 0.4) is 0 Å². The number of nitrogens with one attached hydrogen (secondary N) is 2. The van der Waals surface area contributed by atoms with E-state index in [2.05, 4.69) is 10.6 Å². The van der Waals surface area contributed by atoms with E-state index in [-0.39, 0.29) is 23.8 Å². The average molecular weight is 316 g/mol. The number of aliphatic hydroxyl groups is 1. The van der Waals surface area contributed by atoms with Gasteiger partial charge in [-0.25, -0.2) is 0 Å². The molecular weight excluding hydrogens is 292 g/mol. The Bertz CT molecular complexity index is 587. The van der Waals surface area contributed by atoms with Crippen molar-refractivity contribution >= 4 is 17.5 Å². The molecule has 1 aromatic rings. The van der Waals surface area contributed by atoms with Crippen LogP contribution < -0.4 is 10.6 Å². The molecule has 23 heavy (non-hydrogen) atoms. The Labute approximate surface area is 136 Å². The van der Waals surface area contributed by atoms with E-state index in [1.165, 1.54) is 0 Å². The predicted octanol–water partition coefficient (Wildman–Crippen LogP) is 2.52. The fourth-order valence-electron chi connectivity index (χ4n) is 3.05. The van der Waals surface area contributed by atoms with Crippen LogP contribution in [0.15, 0.2) is 24.3 Å². The van der Waals surface area contributed by atoms with E-state index in [9.17, 15) is 14.7 Å². The van der Waals surface area contributed by atoms with Gasteiger partial charge in [0, 0.05) is 11.6 Å². The van der Waals surface area contributed by atoms with Gasteiger partial charge in [-0.05, 0) is 63.1 Å². The molecule has 5 heteroatoms. The first kappa shape index (κ1) is 16.0. The van der Waals surface area contributed by atoms with Crippen LogP contribution in [-0.2, 0) is 9.59 Å². The lowest BCUT2D eigenvalue weighted by molar-refractivity contribution is -0.139. The molecule has 2 aliphatic carbocycles. The molecule has 0 heterocycles. The summed E-state index contributed by atoms with van der Waals surface area (Å²) in [6, 6.07) is 7.31. The van der Waals surface area contributed by atoms with E-state index in [4.69, 9.17) is 0 Å². The van der Waals surface area contributed by atoms with Gasteiger partial charge in [0.2, 0.25) is 5.91 Å². The smallest absolute Gasteiger partial charge is 0.252 e. The van der Waals surface area contributed by atoms with Crippen molar-refractivity contribution in [3.8, 4) is 0 Å². The number of carbonyl (C=O) groups excluding carboxylic acids is 2. The lowest BCUT2D eigenvalue weighted by atomic mass is 10.00. The van der Waals surface area contributed by atoms with Crippen LogP contribution in [0, 0.1) is 5.92 Å². The molecule has 2 fully saturated rings. The fourth-order valence-corrected chi connectivity index (χ4v) is 3.05. The summed E-state index contributed by atoms with van der Waals surface area (Å²) < 4.78 is 0. The van der Waals surface area contributed by atoms with Gasteiger partial charge in [-0.3, -0.25) is 9.59 Å². The second-order valence-corrected chi connectivity index (χ2v) is 6.82. The van der Waals surface area contributed by atoms with E-state index in [1.54, 1.807) is 0 Å². The summed E-state index contributed by atoms with van der Waals surface area (Å²) >= 11 is 0. The molecule has 2 saturated carbocycles. The van der Waals surface area contributed by atoms with Crippen LogP contribution in [0.25, 0.3) is 0 Å². The highest BCUT2D eigenvalue weighted by molar-refractivity contribution is 5.94. The number of hydrogen-bond acceptors (Lipinski definition) is 3. The summed E-state index contributed by atoms with van der Waals surface area (Å²) in [6.07, 6.45) is 4.84. The van der Waals surface area contributed by atoms with Crippen LogP contribution in [-0.4, -0.2) is 22.5 Å². The summed E-state index contributed by atoms with van der Waals surface area (Å²) in [6.45, 7) is 1.90. The molecule has 0 aromatic heterocycles. The lowest BCUT2D eigenvalue weighted by Gasteiger charge is -2.24. The highest BCUT2D eigenvalue weighted by Crippen LogP contribution is 2.31. The molecule has 1 unspecified atom stereocenters. The Balaban J connectivity index is 1.57. The molecule has 124 valence electrons. The molecule has 5 nitrogen and oxygen atoms in total. The van der Waals surface area contributed by atoms with Crippen molar-refractivity contribution in [1.82, 2.24) is 5.32 Å². The third-order valence-electron chi connectivity index (χ3n) is 4.83. The molecule has 1 atom stereocenters. The van der Waals surface area contributed by atoms with Gasteiger partial charge >= 0.3 is 0 Å². The monoisotopic (exact) mass is 316 g/mol. The zero-order valence-corrected chi connectivity index (χ0v) is 13.5. The van der Waals surface area contributed by atoms with Crippen LogP contribution in [0.4, 0.5) is 5.69 Å². The maximum absolute atomic E-state index is 12.2. The fraction of sp³-hybridized carbons (Fsp3) is 0.556. The second-order valence-electron chi connectivity index (χ2n) is 6.82. The number of benzene rings is 1. The van der Waals surface area contributed by atoms with E-state index in [0.29, 0.717) is 12.8 Å². The number of rotatable bonds is 5. The lowest BCUT2D eigenvalue weighted by Crippen LogP contribution is -2.45. The van der Waals surface area contributed by atoms with Crippen molar-refractivity contribution in [1.29, 1.82) is 0 Å². The topological polar surface area (TPSA) is 78.4 Å². The van der Waals surface area contributed by atoms with Gasteiger partial charge in [0.1, 0.15) is 5.60 Å². The van der Waals surface area contributed by atoms with Crippen LogP contribution >= 0.6 is 0 Å².